The number of hydrogen-bond donors (Lipinski definition) is 0. The number of rotatable bonds is 3. The molecule has 0 unspecified atom stereocenters. The fourth-order valence-electron chi connectivity index (χ4n) is 4.36. The Labute approximate surface area is 178 Å². The number of nitrogens with zero attached hydrogens (tertiary/aromatic N) is 4. The zero-order valence-corrected chi connectivity index (χ0v) is 18.6. The van der Waals surface area contributed by atoms with E-state index in [1.165, 1.54) is 5.56 Å². The lowest BCUT2D eigenvalue weighted by Crippen LogP contribution is -2.41. The predicted octanol–water partition coefficient (Wildman–Crippen LogP) is 3.92. The lowest BCUT2D eigenvalue weighted by Gasteiger charge is -2.33. The highest BCUT2D eigenvalue weighted by atomic mass is 16.6. The molecule has 0 atom stereocenters. The summed E-state index contributed by atoms with van der Waals surface area (Å²) in [6.07, 6.45) is 8.02. The van der Waals surface area contributed by atoms with Crippen LogP contribution in [0.2, 0.25) is 0 Å². The van der Waals surface area contributed by atoms with Gasteiger partial charge in [-0.3, -0.25) is 0 Å². The highest BCUT2D eigenvalue weighted by molar-refractivity contribution is 5.68. The van der Waals surface area contributed by atoms with Crippen molar-refractivity contribution < 1.29 is 14.3 Å². The maximum absolute atomic E-state index is 12.3. The van der Waals surface area contributed by atoms with E-state index in [0.29, 0.717) is 19.0 Å². The van der Waals surface area contributed by atoms with Gasteiger partial charge in [-0.2, -0.15) is 5.10 Å². The first-order valence-corrected chi connectivity index (χ1v) is 11.1. The molecule has 2 aromatic heterocycles. The Morgan fingerprint density at radius 3 is 2.43 bits per heavy atom. The van der Waals surface area contributed by atoms with Crippen molar-refractivity contribution in [1.29, 1.82) is 0 Å². The molecule has 2 aliphatic heterocycles. The van der Waals surface area contributed by atoms with E-state index in [-0.39, 0.29) is 12.2 Å². The normalized spacial score (nSPS) is 19.9. The van der Waals surface area contributed by atoms with Gasteiger partial charge in [-0.05, 0) is 71.6 Å². The van der Waals surface area contributed by atoms with E-state index in [2.05, 4.69) is 29.2 Å². The number of pyridine rings is 1. The van der Waals surface area contributed by atoms with Gasteiger partial charge in [0.1, 0.15) is 17.5 Å². The first-order valence-electron chi connectivity index (χ1n) is 11.1. The number of piperidine rings is 2. The van der Waals surface area contributed by atoms with Crippen molar-refractivity contribution in [1.82, 2.24) is 19.4 Å². The van der Waals surface area contributed by atoms with Crippen molar-refractivity contribution >= 4 is 11.6 Å². The van der Waals surface area contributed by atoms with Crippen LogP contribution in [-0.2, 0) is 4.74 Å². The number of ether oxygens (including phenoxy) is 2. The first kappa shape index (κ1) is 21.0. The topological polar surface area (TPSA) is 59.3 Å². The average Bonchev–Trinajstić information content (AvgIpc) is 3.12. The molecule has 0 N–H and O–H groups in total. The summed E-state index contributed by atoms with van der Waals surface area (Å²) in [5.74, 6) is 1.29. The molecule has 2 saturated heterocycles. The first-order chi connectivity index (χ1) is 14.3. The van der Waals surface area contributed by atoms with Crippen molar-refractivity contribution in [3.8, 4) is 5.75 Å². The van der Waals surface area contributed by atoms with Gasteiger partial charge in [0.15, 0.2) is 0 Å². The van der Waals surface area contributed by atoms with Gasteiger partial charge in [-0.25, -0.2) is 9.31 Å². The summed E-state index contributed by atoms with van der Waals surface area (Å²) < 4.78 is 13.6. The summed E-state index contributed by atoms with van der Waals surface area (Å²) in [5, 5.41) is 4.59. The van der Waals surface area contributed by atoms with Crippen LogP contribution in [0, 0.1) is 0 Å². The van der Waals surface area contributed by atoms with Crippen LogP contribution in [0.3, 0.4) is 0 Å². The quantitative estimate of drug-likeness (QED) is 0.762. The smallest absolute Gasteiger partial charge is 0.410 e. The molecule has 0 saturated carbocycles. The predicted molar refractivity (Wildman–Crippen MR) is 116 cm³/mol. The van der Waals surface area contributed by atoms with Gasteiger partial charge in [-0.1, -0.05) is 0 Å². The fraction of sp³-hybridized carbons (Fsp3) is 0.652. The van der Waals surface area contributed by atoms with Crippen molar-refractivity contribution in [2.24, 2.45) is 0 Å². The number of carbonyl (C=O) groups is 1. The summed E-state index contributed by atoms with van der Waals surface area (Å²) in [4.78, 5) is 16.5. The van der Waals surface area contributed by atoms with Crippen LogP contribution in [0.15, 0.2) is 24.5 Å². The zero-order chi connectivity index (χ0) is 21.3. The molecule has 30 heavy (non-hydrogen) atoms. The molecule has 0 radical (unpaired) electrons. The minimum absolute atomic E-state index is 0.212. The Morgan fingerprint density at radius 1 is 1.07 bits per heavy atom. The number of amides is 1. The molecule has 2 aromatic rings. The molecule has 2 aliphatic rings. The SMILES string of the molecule is CN1CCC(Oc2ccc3c(C4CCN(C(=O)OC(C)(C)C)CC4)cnn3c2)CC1. The Bertz CT molecular complexity index is 872. The fourth-order valence-corrected chi connectivity index (χ4v) is 4.36. The second-order valence-electron chi connectivity index (χ2n) is 9.66. The standard InChI is InChI=1S/C23H34N4O3/c1-23(2,3)30-22(28)26-13-7-17(8-14-26)20-15-24-27-16-19(5-6-21(20)27)29-18-9-11-25(4)12-10-18/h5-6,15-18H,7-14H2,1-4H3. The molecule has 1 amide bonds. The van der Waals surface area contributed by atoms with Crippen LogP contribution < -0.4 is 4.74 Å². The number of fused-ring (bicyclic) bond motifs is 1. The number of hydrogen-bond acceptors (Lipinski definition) is 5. The van der Waals surface area contributed by atoms with E-state index in [1.54, 1.807) is 0 Å². The largest absolute Gasteiger partial charge is 0.489 e. The van der Waals surface area contributed by atoms with Crippen LogP contribution in [0.25, 0.3) is 5.52 Å². The molecule has 164 valence electrons. The summed E-state index contributed by atoms with van der Waals surface area (Å²) in [6, 6.07) is 4.18. The van der Waals surface area contributed by atoms with E-state index < -0.39 is 5.60 Å². The number of carbonyl (C=O) groups excluding carboxylic acids is 1. The van der Waals surface area contributed by atoms with Gasteiger partial charge in [-0.15, -0.1) is 0 Å². The molecule has 7 nitrogen and oxygen atoms in total. The molecule has 0 aliphatic carbocycles. The van der Waals surface area contributed by atoms with Crippen LogP contribution in [-0.4, -0.2) is 70.4 Å². The molecule has 7 heteroatoms. The number of aromatic nitrogens is 2. The second kappa shape index (κ2) is 8.46. The molecule has 0 bridgehead atoms. The van der Waals surface area contributed by atoms with Gasteiger partial charge < -0.3 is 19.3 Å². The van der Waals surface area contributed by atoms with Gasteiger partial charge in [0.05, 0.1) is 17.9 Å². The highest BCUT2D eigenvalue weighted by Gasteiger charge is 2.29. The summed E-state index contributed by atoms with van der Waals surface area (Å²) in [6.45, 7) is 9.31. The summed E-state index contributed by atoms with van der Waals surface area (Å²) >= 11 is 0. The van der Waals surface area contributed by atoms with Crippen LogP contribution in [0.4, 0.5) is 4.79 Å². The Kier molecular flexibility index (Phi) is 5.91. The molecular formula is C23H34N4O3. The zero-order valence-electron chi connectivity index (χ0n) is 18.6. The molecule has 4 rings (SSSR count). The molecule has 0 spiro atoms. The summed E-state index contributed by atoms with van der Waals surface area (Å²) in [7, 11) is 2.16. The monoisotopic (exact) mass is 414 g/mol. The lowest BCUT2D eigenvalue weighted by molar-refractivity contribution is 0.0205. The lowest BCUT2D eigenvalue weighted by atomic mass is 9.90. The highest BCUT2D eigenvalue weighted by Crippen LogP contribution is 2.32. The van der Waals surface area contributed by atoms with Gasteiger partial charge in [0.2, 0.25) is 0 Å². The van der Waals surface area contributed by atoms with E-state index in [9.17, 15) is 4.79 Å². The minimum Gasteiger partial charge on any atom is -0.489 e. The van der Waals surface area contributed by atoms with Crippen molar-refractivity contribution in [3.05, 3.63) is 30.1 Å². The third-order valence-corrected chi connectivity index (χ3v) is 6.07. The Hall–Kier alpha value is -2.28. The number of likely N-dealkylation sites (tertiary alicyclic amines) is 2. The van der Waals surface area contributed by atoms with Crippen molar-refractivity contribution in [3.63, 3.8) is 0 Å². The maximum atomic E-state index is 12.3. The van der Waals surface area contributed by atoms with E-state index >= 15 is 0 Å². The maximum Gasteiger partial charge on any atom is 0.410 e. The summed E-state index contributed by atoms with van der Waals surface area (Å²) in [5.41, 5.74) is 1.93. The van der Waals surface area contributed by atoms with E-state index in [1.807, 2.05) is 42.6 Å². The third kappa shape index (κ3) is 4.89. The van der Waals surface area contributed by atoms with Crippen molar-refractivity contribution in [2.75, 3.05) is 33.2 Å². The minimum atomic E-state index is -0.455. The molecule has 2 fully saturated rings. The van der Waals surface area contributed by atoms with E-state index in [4.69, 9.17) is 9.47 Å². The Morgan fingerprint density at radius 2 is 1.77 bits per heavy atom. The van der Waals surface area contributed by atoms with Crippen LogP contribution in [0.1, 0.15) is 57.9 Å². The third-order valence-electron chi connectivity index (χ3n) is 6.07. The molecule has 0 aromatic carbocycles. The average molecular weight is 415 g/mol. The van der Waals surface area contributed by atoms with Gasteiger partial charge in [0, 0.05) is 31.7 Å². The van der Waals surface area contributed by atoms with E-state index in [0.717, 1.165) is 50.0 Å². The molecule has 4 heterocycles. The molecular weight excluding hydrogens is 380 g/mol. The Balaban J connectivity index is 1.38. The van der Waals surface area contributed by atoms with Gasteiger partial charge >= 0.3 is 6.09 Å². The van der Waals surface area contributed by atoms with Gasteiger partial charge in [0.25, 0.3) is 0 Å². The van der Waals surface area contributed by atoms with Crippen LogP contribution >= 0.6 is 0 Å². The second-order valence-corrected chi connectivity index (χ2v) is 9.66. The van der Waals surface area contributed by atoms with Crippen molar-refractivity contribution in [2.45, 2.75) is 64.1 Å². The van der Waals surface area contributed by atoms with Crippen LogP contribution in [0.5, 0.6) is 5.75 Å².